The van der Waals surface area contributed by atoms with E-state index in [1.807, 2.05) is 87.3 Å². The molecule has 2 aromatic carbocycles. The minimum absolute atomic E-state index is 0.0288. The van der Waals surface area contributed by atoms with Crippen LogP contribution in [-0.4, -0.2) is 145 Å². The summed E-state index contributed by atoms with van der Waals surface area (Å²) in [7, 11) is 0. The van der Waals surface area contributed by atoms with Gasteiger partial charge in [0.1, 0.15) is 28.4 Å². The maximum absolute atomic E-state index is 13.0. The molecule has 4 spiro atoms. The summed E-state index contributed by atoms with van der Waals surface area (Å²) in [5.41, 5.74) is 11.4. The zero-order valence-corrected chi connectivity index (χ0v) is 81.1. The number of halogens is 1. The number of aryl methyl sites for hydroxylation is 1. The van der Waals surface area contributed by atoms with Gasteiger partial charge in [0, 0.05) is 162 Å². The first-order chi connectivity index (χ1) is 67.6. The van der Waals surface area contributed by atoms with E-state index in [-0.39, 0.29) is 57.4 Å². The van der Waals surface area contributed by atoms with Gasteiger partial charge in [-0.2, -0.15) is 19.9 Å². The van der Waals surface area contributed by atoms with E-state index in [1.165, 1.54) is 106 Å². The van der Waals surface area contributed by atoms with Gasteiger partial charge in [0.15, 0.2) is 29.0 Å². The normalized spacial score (nSPS) is 23.9. The van der Waals surface area contributed by atoms with E-state index in [1.54, 1.807) is 0 Å². The first-order valence-corrected chi connectivity index (χ1v) is 52.8. The number of hydrogen-bond acceptors (Lipinski definition) is 23. The molecule has 0 radical (unpaired) electrons. The molecule has 8 fully saturated rings. The Labute approximate surface area is 810 Å². The maximum Gasteiger partial charge on any atom is 0.224 e. The third-order valence-electron chi connectivity index (χ3n) is 33.1. The van der Waals surface area contributed by atoms with E-state index in [9.17, 15) is 23.6 Å². The van der Waals surface area contributed by atoms with Crippen LogP contribution in [0.5, 0.6) is 0 Å². The second-order valence-corrected chi connectivity index (χ2v) is 41.9. The summed E-state index contributed by atoms with van der Waals surface area (Å²) in [5, 5.41) is 32.6. The Morgan fingerprint density at radius 1 is 0.312 bits per heavy atom. The summed E-state index contributed by atoms with van der Waals surface area (Å²) in [4.78, 5) is 102. The molecule has 14 heterocycles. The number of benzene rings is 2. The summed E-state index contributed by atoms with van der Waals surface area (Å²) in [6.45, 7) is 8.06. The van der Waals surface area contributed by atoms with Crippen LogP contribution in [0.15, 0.2) is 140 Å². The van der Waals surface area contributed by atoms with Crippen molar-refractivity contribution in [3.05, 3.63) is 186 Å². The van der Waals surface area contributed by atoms with Crippen LogP contribution in [0.1, 0.15) is 355 Å². The second-order valence-electron chi connectivity index (χ2n) is 41.9. The fraction of sp³-hybridized carbons (Fsp3) is 0.555. The van der Waals surface area contributed by atoms with E-state index in [4.69, 9.17) is 19.9 Å². The van der Waals surface area contributed by atoms with Crippen molar-refractivity contribution in [3.8, 4) is 0 Å². The molecule has 138 heavy (non-hydrogen) atoms. The van der Waals surface area contributed by atoms with Crippen LogP contribution in [0, 0.1) is 12.7 Å². The quantitative estimate of drug-likeness (QED) is 0.0396. The van der Waals surface area contributed by atoms with Crippen molar-refractivity contribution in [2.24, 2.45) is 0 Å². The summed E-state index contributed by atoms with van der Waals surface area (Å²) in [5.74, 6) is 4.70. The molecule has 12 aromatic rings. The lowest BCUT2D eigenvalue weighted by Gasteiger charge is -2.42. The molecule has 28 heteroatoms. The summed E-state index contributed by atoms with van der Waals surface area (Å²) in [6, 6.07) is 36.6. The molecular weight excluding hydrogens is 1730 g/mol. The van der Waals surface area contributed by atoms with Crippen molar-refractivity contribution in [1.29, 1.82) is 0 Å². The van der Waals surface area contributed by atoms with Crippen molar-refractivity contribution in [3.63, 3.8) is 0 Å². The SMILES string of the molecule is CC.Cc1ccccc1CNC1CCC(Nc2ncc3cc4n(c3n2)C2(CCCCC2)CCC4=O)CC1.O=C1CCC2(CCCCC2)n2c1cc1cnc(NC3CCC(NCc4ccccc4)CC3)nc12.O=C1CCC2(CCCCC2)n2c1cc1cnc(NC3CCC(Nc4ccccn4)CC3)nc12.O=C1CCC2(CCCCC2)n2c1cc1cnc(NC3CCC(Nc4ncc(F)cn4)CC3)nc12. The molecule has 8 saturated carbocycles. The van der Waals surface area contributed by atoms with Gasteiger partial charge in [0.05, 0.1) is 35.2 Å². The molecule has 4 aliphatic heterocycles. The van der Waals surface area contributed by atoms with Gasteiger partial charge in [-0.3, -0.25) is 19.2 Å². The fourth-order valence-electron chi connectivity index (χ4n) is 25.6. The number of anilines is 6. The van der Waals surface area contributed by atoms with E-state index < -0.39 is 5.82 Å². The Balaban J connectivity index is 0.000000113. The predicted octanol–water partition coefficient (Wildman–Crippen LogP) is 22.6. The molecule has 0 bridgehead atoms. The largest absolute Gasteiger partial charge is 0.367 e. The molecule has 10 aromatic heterocycles. The van der Waals surface area contributed by atoms with E-state index >= 15 is 0 Å². The van der Waals surface area contributed by atoms with Crippen LogP contribution >= 0.6 is 0 Å². The lowest BCUT2D eigenvalue weighted by atomic mass is 9.75. The number of hydrogen-bond donors (Lipinski definition) is 8. The summed E-state index contributed by atoms with van der Waals surface area (Å²) >= 11 is 0. The average molecular weight is 1870 g/mol. The highest BCUT2D eigenvalue weighted by Crippen LogP contribution is 2.51. The number of Topliss-reactive ketones (excluding diaryl/α,β-unsaturated/α-hetero) is 4. The third kappa shape index (κ3) is 20.6. The zero-order valence-electron chi connectivity index (χ0n) is 81.1. The molecule has 27 nitrogen and oxygen atoms in total. The lowest BCUT2D eigenvalue weighted by molar-refractivity contribution is 0.0847. The van der Waals surface area contributed by atoms with Crippen LogP contribution in [0.3, 0.4) is 0 Å². The molecule has 24 rings (SSSR count). The molecule has 0 atom stereocenters. The maximum atomic E-state index is 13.0. The molecule has 12 aliphatic rings. The molecule has 0 amide bonds. The van der Waals surface area contributed by atoms with Gasteiger partial charge in [-0.1, -0.05) is 152 Å². The molecular formula is C110H140FN23O4. The van der Waals surface area contributed by atoms with Gasteiger partial charge in [0.25, 0.3) is 0 Å². The summed E-state index contributed by atoms with van der Waals surface area (Å²) in [6.07, 6.45) is 59.6. The Hall–Kier alpha value is -11.5. The van der Waals surface area contributed by atoms with E-state index in [0.717, 1.165) is 266 Å². The fourth-order valence-corrected chi connectivity index (χ4v) is 25.6. The van der Waals surface area contributed by atoms with E-state index in [2.05, 4.69) is 157 Å². The van der Waals surface area contributed by atoms with Crippen LogP contribution in [0.4, 0.5) is 39.9 Å². The van der Waals surface area contributed by atoms with Crippen molar-refractivity contribution in [2.45, 2.75) is 387 Å². The number of fused-ring (bicyclic) bond motifs is 16. The number of ketones is 4. The second kappa shape index (κ2) is 42.3. The van der Waals surface area contributed by atoms with Crippen LogP contribution in [-0.2, 0) is 35.2 Å². The van der Waals surface area contributed by atoms with Crippen LogP contribution in [0.25, 0.3) is 44.1 Å². The Morgan fingerprint density at radius 3 is 0.928 bits per heavy atom. The van der Waals surface area contributed by atoms with Crippen molar-refractivity contribution < 1.29 is 23.6 Å². The average Bonchev–Trinajstić information content (AvgIpc) is 1.58. The van der Waals surface area contributed by atoms with Gasteiger partial charge in [-0.15, -0.1) is 0 Å². The van der Waals surface area contributed by atoms with Crippen molar-refractivity contribution >= 4 is 103 Å². The van der Waals surface area contributed by atoms with Crippen LogP contribution < -0.4 is 42.5 Å². The number of rotatable bonds is 18. The minimum atomic E-state index is -0.432. The minimum Gasteiger partial charge on any atom is -0.367 e. The van der Waals surface area contributed by atoms with Gasteiger partial charge in [-0.25, -0.2) is 39.3 Å². The Bertz CT molecular complexity index is 6210. The van der Waals surface area contributed by atoms with Gasteiger partial charge < -0.3 is 60.8 Å². The molecule has 726 valence electrons. The topological polar surface area (TPSA) is 326 Å². The predicted molar refractivity (Wildman–Crippen MR) is 543 cm³/mol. The molecule has 8 N–H and O–H groups in total. The first kappa shape index (κ1) is 94.1. The van der Waals surface area contributed by atoms with E-state index in [0.29, 0.717) is 91.7 Å². The monoisotopic (exact) mass is 1870 g/mol. The van der Waals surface area contributed by atoms with Crippen molar-refractivity contribution in [1.82, 2.24) is 83.7 Å². The molecule has 0 saturated heterocycles. The number of nitrogens with one attached hydrogen (secondary N) is 8. The number of pyridine rings is 1. The molecule has 0 unspecified atom stereocenters. The Morgan fingerprint density at radius 2 is 0.601 bits per heavy atom. The number of nitrogens with zero attached hydrogens (tertiary/aromatic N) is 15. The summed E-state index contributed by atoms with van der Waals surface area (Å²) < 4.78 is 22.2. The Kier molecular flexibility index (Phi) is 28.8. The number of aromatic nitrogens is 15. The van der Waals surface area contributed by atoms with Gasteiger partial charge >= 0.3 is 0 Å². The third-order valence-corrected chi connectivity index (χ3v) is 33.1. The highest BCUT2D eigenvalue weighted by Gasteiger charge is 2.47. The van der Waals surface area contributed by atoms with Crippen LogP contribution in [0.2, 0.25) is 0 Å². The highest BCUT2D eigenvalue weighted by atomic mass is 19.1. The number of carbonyl (C=O) groups excluding carboxylic acids is 4. The first-order valence-electron chi connectivity index (χ1n) is 52.8. The standard InChI is InChI=1S/C29H37N5O.C28H35N5O.C26H32N6O.C25H30FN7O.C2H6/c1-20-7-3-4-8-21(20)18-30-23-9-11-24(12-10-23)32-28-31-19-22-17-25-26(35)13-16-29(14-5-2-6-15-29)34(25)27(22)33-28;34-25-13-16-28(14-5-2-6-15-28)33-24(25)17-21-19-30-27(32-26(21)33)31-23-11-9-22(10-12-23)29-18-20-7-3-1-4-8-20;33-22-11-14-26(12-3-1-4-13-26)32-21(22)16-18-17-28-25(31-24(18)32)30-20-9-7-19(8-10-20)29-23-6-2-5-15-27-23;26-17-14-28-23(29-15-17)30-18-4-6-19(7-5-18)31-24-27-13-16-12-20-21(34)8-11-25(9-2-1-3-10-25)33(20)22(16)32-24;1-2/h3-4,7-8,17,19,23-24,30H,2,5-6,9-16,18H2,1H3,(H,31,32,33);1,3-4,7-8,17,19,22-23,29H,2,5-6,9-16,18H2,(H,30,31,32);2,5-6,15-17,19-20H,1,3-4,7-14H2,(H,27,29)(H,28,30,31);12-15,18-19H,1-11H2,(H,27,31,32)(H,28,29,30);1-2H3. The number of carbonyl (C=O) groups is 4. The lowest BCUT2D eigenvalue weighted by Crippen LogP contribution is -2.41. The molecule has 8 aliphatic carbocycles. The smallest absolute Gasteiger partial charge is 0.224 e. The van der Waals surface area contributed by atoms with Gasteiger partial charge in [-0.05, 0) is 240 Å². The van der Waals surface area contributed by atoms with Gasteiger partial charge in [0.2, 0.25) is 29.7 Å². The highest BCUT2D eigenvalue weighted by molar-refractivity contribution is 6.03. The van der Waals surface area contributed by atoms with Crippen molar-refractivity contribution in [2.75, 3.05) is 31.9 Å². The zero-order chi connectivity index (χ0) is 94.2.